The van der Waals surface area contributed by atoms with Gasteiger partial charge in [-0.3, -0.25) is 4.98 Å². The van der Waals surface area contributed by atoms with Crippen LogP contribution in [-0.2, 0) is 6.54 Å². The van der Waals surface area contributed by atoms with Crippen molar-refractivity contribution in [3.05, 3.63) is 71.1 Å². The third-order valence-electron chi connectivity index (χ3n) is 3.23. The van der Waals surface area contributed by atoms with Crippen LogP contribution >= 0.6 is 11.3 Å². The van der Waals surface area contributed by atoms with E-state index in [0.29, 0.717) is 12.1 Å². The maximum absolute atomic E-state index is 13.9. The van der Waals surface area contributed by atoms with Crippen LogP contribution < -0.4 is 5.32 Å². The number of hydrogen-bond donors (Lipinski definition) is 1. The fourth-order valence-electron chi connectivity index (χ4n) is 2.08. The van der Waals surface area contributed by atoms with Crippen LogP contribution in [0.15, 0.2) is 54.0 Å². The van der Waals surface area contributed by atoms with E-state index in [1.807, 2.05) is 42.6 Å². The smallest absolute Gasteiger partial charge is 0.131 e. The van der Waals surface area contributed by atoms with Crippen molar-refractivity contribution in [1.82, 2.24) is 4.98 Å². The number of anilines is 1. The SMILES string of the molecule is Cc1ccc(NCc2ccc(F)c(-c3cccs3)c2)cn1. The van der Waals surface area contributed by atoms with Crippen LogP contribution in [-0.4, -0.2) is 4.98 Å². The van der Waals surface area contributed by atoms with Crippen LogP contribution in [0.3, 0.4) is 0 Å². The van der Waals surface area contributed by atoms with Crippen molar-refractivity contribution in [1.29, 1.82) is 0 Å². The maximum Gasteiger partial charge on any atom is 0.131 e. The molecule has 0 aliphatic heterocycles. The van der Waals surface area contributed by atoms with Crippen molar-refractivity contribution >= 4 is 17.0 Å². The van der Waals surface area contributed by atoms with Gasteiger partial charge in [0.1, 0.15) is 5.82 Å². The minimum atomic E-state index is -0.182. The van der Waals surface area contributed by atoms with Gasteiger partial charge < -0.3 is 5.32 Å². The molecule has 0 radical (unpaired) electrons. The number of pyridine rings is 1. The van der Waals surface area contributed by atoms with Crippen molar-refractivity contribution in [3.8, 4) is 10.4 Å². The van der Waals surface area contributed by atoms with Crippen molar-refractivity contribution in [2.24, 2.45) is 0 Å². The minimum absolute atomic E-state index is 0.182. The average Bonchev–Trinajstić information content (AvgIpc) is 3.02. The second-order valence-electron chi connectivity index (χ2n) is 4.83. The molecule has 21 heavy (non-hydrogen) atoms. The van der Waals surface area contributed by atoms with Crippen molar-refractivity contribution < 1.29 is 4.39 Å². The van der Waals surface area contributed by atoms with Gasteiger partial charge in [0, 0.05) is 22.7 Å². The second-order valence-corrected chi connectivity index (χ2v) is 5.78. The Labute approximate surface area is 127 Å². The summed E-state index contributed by atoms with van der Waals surface area (Å²) >= 11 is 1.54. The van der Waals surface area contributed by atoms with Gasteiger partial charge in [0.15, 0.2) is 0 Å². The van der Waals surface area contributed by atoms with E-state index < -0.39 is 0 Å². The molecule has 3 aromatic rings. The predicted molar refractivity (Wildman–Crippen MR) is 86.0 cm³/mol. The summed E-state index contributed by atoms with van der Waals surface area (Å²) in [6, 6.07) is 13.1. The van der Waals surface area contributed by atoms with E-state index in [1.165, 1.54) is 6.07 Å². The van der Waals surface area contributed by atoms with Crippen LogP contribution in [0.25, 0.3) is 10.4 Å². The Morgan fingerprint density at radius 2 is 2.10 bits per heavy atom. The van der Waals surface area contributed by atoms with E-state index in [0.717, 1.165) is 21.8 Å². The molecule has 1 aromatic carbocycles. The first-order valence-corrected chi connectivity index (χ1v) is 7.59. The van der Waals surface area contributed by atoms with Gasteiger partial charge in [-0.15, -0.1) is 11.3 Å². The Bertz CT molecular complexity index is 721. The Morgan fingerprint density at radius 1 is 1.19 bits per heavy atom. The quantitative estimate of drug-likeness (QED) is 0.743. The number of aromatic nitrogens is 1. The molecule has 0 unspecified atom stereocenters. The van der Waals surface area contributed by atoms with E-state index in [-0.39, 0.29) is 5.82 Å². The topological polar surface area (TPSA) is 24.9 Å². The molecule has 0 aliphatic carbocycles. The number of nitrogens with zero attached hydrogens (tertiary/aromatic N) is 1. The number of hydrogen-bond acceptors (Lipinski definition) is 3. The lowest BCUT2D eigenvalue weighted by atomic mass is 10.1. The van der Waals surface area contributed by atoms with Gasteiger partial charge in [-0.1, -0.05) is 12.1 Å². The number of aryl methyl sites for hydroxylation is 1. The van der Waals surface area contributed by atoms with Crippen molar-refractivity contribution in [2.75, 3.05) is 5.32 Å². The fourth-order valence-corrected chi connectivity index (χ4v) is 2.82. The van der Waals surface area contributed by atoms with Crippen LogP contribution in [0, 0.1) is 12.7 Å². The summed E-state index contributed by atoms with van der Waals surface area (Å²) in [7, 11) is 0. The molecule has 0 saturated carbocycles. The number of benzene rings is 1. The third kappa shape index (κ3) is 3.28. The predicted octanol–water partition coefficient (Wildman–Crippen LogP) is 4.87. The van der Waals surface area contributed by atoms with Crippen molar-refractivity contribution in [3.63, 3.8) is 0 Å². The zero-order valence-electron chi connectivity index (χ0n) is 11.6. The number of nitrogens with one attached hydrogen (secondary N) is 1. The number of thiophene rings is 1. The molecule has 3 rings (SSSR count). The van der Waals surface area contributed by atoms with E-state index in [4.69, 9.17) is 0 Å². The molecule has 106 valence electrons. The summed E-state index contributed by atoms with van der Waals surface area (Å²) in [5.41, 5.74) is 3.65. The van der Waals surface area contributed by atoms with Gasteiger partial charge in [-0.05, 0) is 48.2 Å². The number of rotatable bonds is 4. The van der Waals surface area contributed by atoms with Gasteiger partial charge in [0.25, 0.3) is 0 Å². The molecule has 0 bridgehead atoms. The highest BCUT2D eigenvalue weighted by molar-refractivity contribution is 7.13. The van der Waals surface area contributed by atoms with Crippen LogP contribution in [0.5, 0.6) is 0 Å². The summed E-state index contributed by atoms with van der Waals surface area (Å²) in [5.74, 6) is -0.182. The van der Waals surface area contributed by atoms with Crippen LogP contribution in [0.2, 0.25) is 0 Å². The average molecular weight is 298 g/mol. The Balaban J connectivity index is 1.77. The van der Waals surface area contributed by atoms with Gasteiger partial charge >= 0.3 is 0 Å². The molecule has 2 heterocycles. The molecule has 0 aliphatic rings. The number of halogens is 1. The highest BCUT2D eigenvalue weighted by atomic mass is 32.1. The van der Waals surface area contributed by atoms with E-state index in [2.05, 4.69) is 10.3 Å². The van der Waals surface area contributed by atoms with Gasteiger partial charge in [-0.2, -0.15) is 0 Å². The lowest BCUT2D eigenvalue weighted by Gasteiger charge is -2.08. The molecule has 0 atom stereocenters. The summed E-state index contributed by atoms with van der Waals surface area (Å²) in [6.07, 6.45) is 1.80. The molecule has 1 N–H and O–H groups in total. The summed E-state index contributed by atoms with van der Waals surface area (Å²) in [4.78, 5) is 5.19. The third-order valence-corrected chi connectivity index (χ3v) is 4.13. The van der Waals surface area contributed by atoms with Gasteiger partial charge in [0.05, 0.1) is 11.9 Å². The van der Waals surface area contributed by atoms with Crippen molar-refractivity contribution in [2.45, 2.75) is 13.5 Å². The van der Waals surface area contributed by atoms with Gasteiger partial charge in [0.2, 0.25) is 0 Å². The zero-order chi connectivity index (χ0) is 14.7. The standard InChI is InChI=1S/C17H15FN2S/c1-12-4-6-14(11-19-12)20-10-13-5-7-16(18)15(9-13)17-3-2-8-21-17/h2-9,11,20H,10H2,1H3. The Kier molecular flexibility index (Phi) is 3.97. The van der Waals surface area contributed by atoms with E-state index >= 15 is 0 Å². The molecular formula is C17H15FN2S. The van der Waals surface area contributed by atoms with Crippen LogP contribution in [0.4, 0.5) is 10.1 Å². The van der Waals surface area contributed by atoms with Crippen LogP contribution in [0.1, 0.15) is 11.3 Å². The Hall–Kier alpha value is -2.20. The minimum Gasteiger partial charge on any atom is -0.380 e. The first-order valence-electron chi connectivity index (χ1n) is 6.71. The highest BCUT2D eigenvalue weighted by Crippen LogP contribution is 2.28. The highest BCUT2D eigenvalue weighted by Gasteiger charge is 2.07. The first kappa shape index (κ1) is 13.8. The fraction of sp³-hybridized carbons (Fsp3) is 0.118. The lowest BCUT2D eigenvalue weighted by molar-refractivity contribution is 0.631. The lowest BCUT2D eigenvalue weighted by Crippen LogP contribution is -2.00. The monoisotopic (exact) mass is 298 g/mol. The first-order chi connectivity index (χ1) is 10.2. The largest absolute Gasteiger partial charge is 0.380 e. The Morgan fingerprint density at radius 3 is 2.81 bits per heavy atom. The molecule has 0 amide bonds. The summed E-state index contributed by atoms with van der Waals surface area (Å²) < 4.78 is 13.9. The summed E-state index contributed by atoms with van der Waals surface area (Å²) in [5, 5.41) is 5.25. The molecule has 0 fully saturated rings. The molecule has 2 nitrogen and oxygen atoms in total. The van der Waals surface area contributed by atoms with E-state index in [1.54, 1.807) is 23.6 Å². The normalized spacial score (nSPS) is 10.6. The zero-order valence-corrected chi connectivity index (χ0v) is 12.5. The molecule has 2 aromatic heterocycles. The molecular weight excluding hydrogens is 283 g/mol. The molecule has 0 spiro atoms. The van der Waals surface area contributed by atoms with Gasteiger partial charge in [-0.25, -0.2) is 4.39 Å². The molecule has 4 heteroatoms. The van der Waals surface area contributed by atoms with E-state index in [9.17, 15) is 4.39 Å². The molecule has 0 saturated heterocycles. The summed E-state index contributed by atoms with van der Waals surface area (Å²) in [6.45, 7) is 2.60. The second kappa shape index (κ2) is 6.06. The maximum atomic E-state index is 13.9.